The Bertz CT molecular complexity index is 341. The summed E-state index contributed by atoms with van der Waals surface area (Å²) in [6.45, 7) is 2.82. The van der Waals surface area contributed by atoms with Gasteiger partial charge in [0, 0.05) is 13.1 Å². The van der Waals surface area contributed by atoms with Crippen molar-refractivity contribution in [1.29, 1.82) is 0 Å². The monoisotopic (exact) mass is 254 g/mol. The third kappa shape index (κ3) is 2.76. The molecule has 2 aliphatic rings. The summed E-state index contributed by atoms with van der Waals surface area (Å²) >= 11 is 0. The van der Waals surface area contributed by atoms with Gasteiger partial charge in [-0.3, -0.25) is 0 Å². The molecule has 0 spiro atoms. The number of aliphatic carboxylic acids is 1. The molecule has 102 valence electrons. The lowest BCUT2D eigenvalue weighted by Crippen LogP contribution is -2.54. The lowest BCUT2D eigenvalue weighted by atomic mass is 10.00. The normalized spacial score (nSPS) is 27.3. The molecule has 2 fully saturated rings. The van der Waals surface area contributed by atoms with Crippen LogP contribution in [0.25, 0.3) is 0 Å². The Balaban J connectivity index is 1.78. The van der Waals surface area contributed by atoms with Gasteiger partial charge in [-0.15, -0.1) is 0 Å². The van der Waals surface area contributed by atoms with Crippen LogP contribution in [0.2, 0.25) is 0 Å². The SMILES string of the molecule is CC1(C(=O)O)CCCN1C(=O)NCCCC1CC1. The number of carbonyl (C=O) groups excluding carboxylic acids is 1. The maximum absolute atomic E-state index is 12.0. The highest BCUT2D eigenvalue weighted by molar-refractivity contribution is 5.86. The molecule has 2 amide bonds. The summed E-state index contributed by atoms with van der Waals surface area (Å²) in [4.78, 5) is 24.7. The van der Waals surface area contributed by atoms with Crippen LogP contribution in [0.1, 0.15) is 45.4 Å². The predicted octanol–water partition coefficient (Wildman–Crippen LogP) is 1.83. The molecule has 0 aromatic heterocycles. The Morgan fingerprint density at radius 1 is 1.44 bits per heavy atom. The molecule has 0 radical (unpaired) electrons. The fraction of sp³-hybridized carbons (Fsp3) is 0.846. The summed E-state index contributed by atoms with van der Waals surface area (Å²) in [6.07, 6.45) is 6.13. The molecule has 1 heterocycles. The standard InChI is InChI=1S/C13H22N2O3/c1-13(11(16)17)7-3-9-15(13)12(18)14-8-2-4-10-5-6-10/h10H,2-9H2,1H3,(H,14,18)(H,16,17). The van der Waals surface area contributed by atoms with Gasteiger partial charge in [0.05, 0.1) is 0 Å². The third-order valence-corrected chi connectivity index (χ3v) is 4.11. The molecule has 1 aliphatic carbocycles. The van der Waals surface area contributed by atoms with E-state index in [0.29, 0.717) is 19.5 Å². The zero-order valence-corrected chi connectivity index (χ0v) is 10.9. The van der Waals surface area contributed by atoms with Crippen molar-refractivity contribution >= 4 is 12.0 Å². The predicted molar refractivity (Wildman–Crippen MR) is 67.3 cm³/mol. The van der Waals surface area contributed by atoms with Crippen molar-refractivity contribution in [3.05, 3.63) is 0 Å². The van der Waals surface area contributed by atoms with Crippen LogP contribution in [0.4, 0.5) is 4.79 Å². The topological polar surface area (TPSA) is 69.6 Å². The molecular weight excluding hydrogens is 232 g/mol. The molecule has 18 heavy (non-hydrogen) atoms. The summed E-state index contributed by atoms with van der Waals surface area (Å²) in [5.74, 6) is -0.0360. The van der Waals surface area contributed by atoms with Crippen LogP contribution in [-0.2, 0) is 4.79 Å². The van der Waals surface area contributed by atoms with Crippen LogP contribution in [0.3, 0.4) is 0 Å². The van der Waals surface area contributed by atoms with Crippen molar-refractivity contribution in [2.75, 3.05) is 13.1 Å². The van der Waals surface area contributed by atoms with Crippen molar-refractivity contribution < 1.29 is 14.7 Å². The molecule has 0 aromatic rings. The molecule has 1 saturated heterocycles. The zero-order valence-electron chi connectivity index (χ0n) is 10.9. The van der Waals surface area contributed by atoms with E-state index < -0.39 is 11.5 Å². The maximum atomic E-state index is 12.0. The van der Waals surface area contributed by atoms with Crippen molar-refractivity contribution in [1.82, 2.24) is 10.2 Å². The van der Waals surface area contributed by atoms with E-state index in [0.717, 1.165) is 18.8 Å². The van der Waals surface area contributed by atoms with Gasteiger partial charge in [-0.05, 0) is 38.5 Å². The number of hydrogen-bond donors (Lipinski definition) is 2. The molecule has 1 aliphatic heterocycles. The van der Waals surface area contributed by atoms with Gasteiger partial charge >= 0.3 is 12.0 Å². The number of nitrogens with zero attached hydrogens (tertiary/aromatic N) is 1. The van der Waals surface area contributed by atoms with Gasteiger partial charge in [-0.1, -0.05) is 12.8 Å². The summed E-state index contributed by atoms with van der Waals surface area (Å²) in [6, 6.07) is -0.229. The summed E-state index contributed by atoms with van der Waals surface area (Å²) in [5, 5.41) is 12.1. The lowest BCUT2D eigenvalue weighted by Gasteiger charge is -2.31. The van der Waals surface area contributed by atoms with Gasteiger partial charge in [0.15, 0.2) is 0 Å². The average Bonchev–Trinajstić information content (AvgIpc) is 3.06. The molecular formula is C13H22N2O3. The number of amides is 2. The van der Waals surface area contributed by atoms with E-state index in [9.17, 15) is 14.7 Å². The number of likely N-dealkylation sites (tertiary alicyclic amines) is 1. The second-order valence-electron chi connectivity index (χ2n) is 5.65. The van der Waals surface area contributed by atoms with E-state index in [1.807, 2.05) is 0 Å². The van der Waals surface area contributed by atoms with Gasteiger partial charge in [0.1, 0.15) is 5.54 Å². The highest BCUT2D eigenvalue weighted by Gasteiger charge is 2.45. The van der Waals surface area contributed by atoms with Crippen LogP contribution in [0.15, 0.2) is 0 Å². The first kappa shape index (κ1) is 13.2. The molecule has 0 bridgehead atoms. The number of urea groups is 1. The maximum Gasteiger partial charge on any atom is 0.329 e. The van der Waals surface area contributed by atoms with Crippen LogP contribution in [0, 0.1) is 5.92 Å². The fourth-order valence-electron chi connectivity index (χ4n) is 2.60. The highest BCUT2D eigenvalue weighted by atomic mass is 16.4. The van der Waals surface area contributed by atoms with Crippen LogP contribution >= 0.6 is 0 Å². The molecule has 1 saturated carbocycles. The third-order valence-electron chi connectivity index (χ3n) is 4.11. The van der Waals surface area contributed by atoms with Crippen LogP contribution < -0.4 is 5.32 Å². The highest BCUT2D eigenvalue weighted by Crippen LogP contribution is 2.33. The first-order valence-corrected chi connectivity index (χ1v) is 6.83. The Kier molecular flexibility index (Phi) is 3.78. The van der Waals surface area contributed by atoms with Crippen LogP contribution in [-0.4, -0.2) is 40.6 Å². The van der Waals surface area contributed by atoms with Crippen LogP contribution in [0.5, 0.6) is 0 Å². The minimum absolute atomic E-state index is 0.229. The van der Waals surface area contributed by atoms with E-state index in [2.05, 4.69) is 5.32 Å². The van der Waals surface area contributed by atoms with Crippen molar-refractivity contribution in [2.45, 2.75) is 51.0 Å². The Hall–Kier alpha value is -1.26. The van der Waals surface area contributed by atoms with Gasteiger partial charge in [0.25, 0.3) is 0 Å². The fourth-order valence-corrected chi connectivity index (χ4v) is 2.60. The largest absolute Gasteiger partial charge is 0.480 e. The lowest BCUT2D eigenvalue weighted by molar-refractivity contribution is -0.147. The number of carboxylic acid groups (broad SMARTS) is 1. The summed E-state index contributed by atoms with van der Waals surface area (Å²) in [7, 11) is 0. The van der Waals surface area contributed by atoms with E-state index in [4.69, 9.17) is 0 Å². The van der Waals surface area contributed by atoms with Gasteiger partial charge < -0.3 is 15.3 Å². The number of rotatable bonds is 5. The van der Waals surface area contributed by atoms with Gasteiger partial charge in [0.2, 0.25) is 0 Å². The minimum Gasteiger partial charge on any atom is -0.480 e. The Morgan fingerprint density at radius 3 is 2.78 bits per heavy atom. The smallest absolute Gasteiger partial charge is 0.329 e. The zero-order chi connectivity index (χ0) is 13.2. The second-order valence-corrected chi connectivity index (χ2v) is 5.65. The van der Waals surface area contributed by atoms with Crippen molar-refractivity contribution in [3.63, 3.8) is 0 Å². The molecule has 5 heteroatoms. The van der Waals surface area contributed by atoms with E-state index in [1.165, 1.54) is 24.2 Å². The molecule has 5 nitrogen and oxygen atoms in total. The molecule has 2 rings (SSSR count). The number of carbonyl (C=O) groups is 2. The van der Waals surface area contributed by atoms with E-state index in [1.54, 1.807) is 6.92 Å². The minimum atomic E-state index is -1.03. The Labute approximate surface area is 108 Å². The first-order chi connectivity index (χ1) is 8.54. The average molecular weight is 254 g/mol. The van der Waals surface area contributed by atoms with E-state index >= 15 is 0 Å². The Morgan fingerprint density at radius 2 is 2.17 bits per heavy atom. The molecule has 1 atom stereocenters. The number of nitrogens with one attached hydrogen (secondary N) is 1. The quantitative estimate of drug-likeness (QED) is 0.735. The number of hydrogen-bond acceptors (Lipinski definition) is 2. The molecule has 1 unspecified atom stereocenters. The van der Waals surface area contributed by atoms with Gasteiger partial charge in [-0.2, -0.15) is 0 Å². The second kappa shape index (κ2) is 5.16. The molecule has 2 N–H and O–H groups in total. The molecule has 0 aromatic carbocycles. The first-order valence-electron chi connectivity index (χ1n) is 6.83. The van der Waals surface area contributed by atoms with Crippen molar-refractivity contribution in [3.8, 4) is 0 Å². The summed E-state index contributed by atoms with van der Waals surface area (Å²) < 4.78 is 0. The number of carboxylic acids is 1. The van der Waals surface area contributed by atoms with E-state index in [-0.39, 0.29) is 6.03 Å². The summed E-state index contributed by atoms with van der Waals surface area (Å²) in [5.41, 5.74) is -1.03. The van der Waals surface area contributed by atoms with Crippen molar-refractivity contribution in [2.24, 2.45) is 5.92 Å². The van der Waals surface area contributed by atoms with Gasteiger partial charge in [-0.25, -0.2) is 9.59 Å².